The van der Waals surface area contributed by atoms with Gasteiger partial charge in [0.05, 0.1) is 7.11 Å². The lowest BCUT2D eigenvalue weighted by atomic mass is 10.1. The van der Waals surface area contributed by atoms with Crippen molar-refractivity contribution in [1.82, 2.24) is 14.9 Å². The molecule has 1 aliphatic heterocycles. The Morgan fingerprint density at radius 1 is 1.21 bits per heavy atom. The molecule has 1 aromatic heterocycles. The van der Waals surface area contributed by atoms with E-state index in [2.05, 4.69) is 36.9 Å². The number of hydrogen-bond donors (Lipinski definition) is 0. The molecule has 0 atom stereocenters. The topological polar surface area (TPSA) is 47.5 Å². The number of methoxy groups -OCH3 is 1. The van der Waals surface area contributed by atoms with E-state index >= 15 is 0 Å². The molecule has 5 nitrogen and oxygen atoms in total. The summed E-state index contributed by atoms with van der Waals surface area (Å²) < 4.78 is 12.4. The lowest BCUT2D eigenvalue weighted by Gasteiger charge is -2.31. The number of piperidine rings is 1. The van der Waals surface area contributed by atoms with Gasteiger partial charge in [-0.05, 0) is 43.5 Å². The van der Waals surface area contributed by atoms with Gasteiger partial charge in [-0.15, -0.1) is 0 Å². The van der Waals surface area contributed by atoms with Crippen LogP contribution in [0.5, 0.6) is 11.8 Å². The van der Waals surface area contributed by atoms with Gasteiger partial charge in [-0.3, -0.25) is 4.90 Å². The molecule has 1 fully saturated rings. The van der Waals surface area contributed by atoms with Crippen LogP contribution in [0, 0.1) is 6.92 Å². The number of halogens is 1. The van der Waals surface area contributed by atoms with Crippen LogP contribution in [0.25, 0.3) is 0 Å². The first kappa shape index (κ1) is 17.2. The lowest BCUT2D eigenvalue weighted by molar-refractivity contribution is 0.0888. The fourth-order valence-electron chi connectivity index (χ4n) is 2.89. The van der Waals surface area contributed by atoms with Crippen LogP contribution in [0.15, 0.2) is 35.1 Å². The molecule has 0 spiro atoms. The van der Waals surface area contributed by atoms with Crippen LogP contribution in [0.1, 0.15) is 24.0 Å². The van der Waals surface area contributed by atoms with Gasteiger partial charge in [0.15, 0.2) is 0 Å². The summed E-state index contributed by atoms with van der Waals surface area (Å²) in [5.74, 6) is 0.935. The highest BCUT2D eigenvalue weighted by atomic mass is 79.9. The number of aryl methyl sites for hydroxylation is 1. The van der Waals surface area contributed by atoms with Crippen molar-refractivity contribution >= 4 is 15.9 Å². The molecule has 1 aliphatic rings. The zero-order valence-corrected chi connectivity index (χ0v) is 15.6. The van der Waals surface area contributed by atoms with Crippen molar-refractivity contribution in [1.29, 1.82) is 0 Å². The zero-order chi connectivity index (χ0) is 16.9. The van der Waals surface area contributed by atoms with Crippen molar-refractivity contribution in [2.24, 2.45) is 0 Å². The van der Waals surface area contributed by atoms with Gasteiger partial charge in [-0.25, -0.2) is 9.97 Å². The van der Waals surface area contributed by atoms with Gasteiger partial charge in [0, 0.05) is 42.1 Å². The monoisotopic (exact) mass is 391 g/mol. The Bertz CT molecular complexity index is 670. The van der Waals surface area contributed by atoms with Crippen molar-refractivity contribution in [3.63, 3.8) is 0 Å². The Balaban J connectivity index is 1.53. The molecule has 128 valence electrons. The molecule has 0 saturated carbocycles. The van der Waals surface area contributed by atoms with Gasteiger partial charge in [0.25, 0.3) is 0 Å². The second-order valence-electron chi connectivity index (χ2n) is 6.09. The minimum absolute atomic E-state index is 0.188. The Labute approximate surface area is 151 Å². The number of rotatable bonds is 5. The molecular weight excluding hydrogens is 370 g/mol. The van der Waals surface area contributed by atoms with E-state index in [-0.39, 0.29) is 6.10 Å². The van der Waals surface area contributed by atoms with E-state index in [1.807, 2.05) is 19.1 Å². The summed E-state index contributed by atoms with van der Waals surface area (Å²) in [5, 5.41) is 0. The van der Waals surface area contributed by atoms with Gasteiger partial charge in [0.2, 0.25) is 0 Å². The minimum atomic E-state index is 0.188. The number of likely N-dealkylation sites (tertiary alicyclic amines) is 1. The molecule has 2 heterocycles. The fraction of sp³-hybridized carbons (Fsp3) is 0.444. The molecule has 24 heavy (non-hydrogen) atoms. The van der Waals surface area contributed by atoms with E-state index in [1.54, 1.807) is 19.5 Å². The van der Waals surface area contributed by atoms with Crippen LogP contribution in [0.2, 0.25) is 0 Å². The molecule has 0 radical (unpaired) electrons. The normalized spacial score (nSPS) is 16.1. The quantitative estimate of drug-likeness (QED) is 0.778. The van der Waals surface area contributed by atoms with E-state index in [1.165, 1.54) is 5.56 Å². The van der Waals surface area contributed by atoms with E-state index in [9.17, 15) is 0 Å². The first-order valence-corrected chi connectivity index (χ1v) is 8.93. The Morgan fingerprint density at radius 3 is 2.58 bits per heavy atom. The maximum atomic E-state index is 5.89. The predicted molar refractivity (Wildman–Crippen MR) is 96.4 cm³/mol. The Kier molecular flexibility index (Phi) is 5.68. The van der Waals surface area contributed by atoms with Gasteiger partial charge < -0.3 is 9.47 Å². The molecule has 0 aliphatic carbocycles. The van der Waals surface area contributed by atoms with Crippen molar-refractivity contribution in [3.8, 4) is 11.8 Å². The molecule has 1 aromatic carbocycles. The number of aromatic nitrogens is 2. The van der Waals surface area contributed by atoms with Crippen LogP contribution < -0.4 is 9.47 Å². The minimum Gasteiger partial charge on any atom is -0.496 e. The van der Waals surface area contributed by atoms with E-state index in [4.69, 9.17) is 9.47 Å². The van der Waals surface area contributed by atoms with Gasteiger partial charge in [-0.2, -0.15) is 0 Å². The molecule has 0 bridgehead atoms. The maximum absolute atomic E-state index is 5.89. The summed E-state index contributed by atoms with van der Waals surface area (Å²) in [4.78, 5) is 10.9. The third-order valence-electron chi connectivity index (χ3n) is 4.20. The fourth-order valence-corrected chi connectivity index (χ4v) is 3.30. The van der Waals surface area contributed by atoms with Crippen molar-refractivity contribution in [3.05, 3.63) is 46.2 Å². The van der Waals surface area contributed by atoms with E-state index in [0.717, 1.165) is 48.3 Å². The standard InChI is InChI=1S/C18H22BrN3O2/c1-13-10-20-18(21-11-13)24-16-5-7-22(8-6-16)12-14-9-15(19)3-4-17(14)23-2/h3-4,9-11,16H,5-8,12H2,1-2H3. The summed E-state index contributed by atoms with van der Waals surface area (Å²) in [6.07, 6.45) is 5.73. The van der Waals surface area contributed by atoms with Crippen LogP contribution >= 0.6 is 15.9 Å². The summed E-state index contributed by atoms with van der Waals surface area (Å²) in [6, 6.07) is 6.61. The van der Waals surface area contributed by atoms with Crippen molar-refractivity contribution in [2.45, 2.75) is 32.4 Å². The highest BCUT2D eigenvalue weighted by Gasteiger charge is 2.22. The SMILES string of the molecule is COc1ccc(Br)cc1CN1CCC(Oc2ncc(C)cn2)CC1. The Hall–Kier alpha value is -1.66. The van der Waals surface area contributed by atoms with Crippen LogP contribution in [-0.2, 0) is 6.54 Å². The summed E-state index contributed by atoms with van der Waals surface area (Å²) in [6.45, 7) is 4.84. The summed E-state index contributed by atoms with van der Waals surface area (Å²) >= 11 is 3.53. The summed E-state index contributed by atoms with van der Waals surface area (Å²) in [7, 11) is 1.72. The highest BCUT2D eigenvalue weighted by molar-refractivity contribution is 9.10. The van der Waals surface area contributed by atoms with Crippen LogP contribution in [0.3, 0.4) is 0 Å². The molecule has 1 saturated heterocycles. The van der Waals surface area contributed by atoms with Gasteiger partial charge >= 0.3 is 6.01 Å². The zero-order valence-electron chi connectivity index (χ0n) is 14.0. The molecule has 0 unspecified atom stereocenters. The largest absolute Gasteiger partial charge is 0.496 e. The third-order valence-corrected chi connectivity index (χ3v) is 4.69. The second-order valence-corrected chi connectivity index (χ2v) is 7.01. The summed E-state index contributed by atoms with van der Waals surface area (Å²) in [5.41, 5.74) is 2.24. The molecule has 0 amide bonds. The average molecular weight is 392 g/mol. The first-order valence-electron chi connectivity index (χ1n) is 8.14. The average Bonchev–Trinajstić information content (AvgIpc) is 2.59. The molecule has 0 N–H and O–H groups in total. The van der Waals surface area contributed by atoms with Crippen molar-refractivity contribution in [2.75, 3.05) is 20.2 Å². The van der Waals surface area contributed by atoms with Gasteiger partial charge in [0.1, 0.15) is 11.9 Å². The van der Waals surface area contributed by atoms with E-state index < -0.39 is 0 Å². The van der Waals surface area contributed by atoms with Crippen molar-refractivity contribution < 1.29 is 9.47 Å². The van der Waals surface area contributed by atoms with Crippen LogP contribution in [0.4, 0.5) is 0 Å². The maximum Gasteiger partial charge on any atom is 0.316 e. The molecule has 2 aromatic rings. The number of ether oxygens (including phenoxy) is 2. The van der Waals surface area contributed by atoms with E-state index in [0.29, 0.717) is 6.01 Å². The van der Waals surface area contributed by atoms with Gasteiger partial charge in [-0.1, -0.05) is 15.9 Å². The molecular formula is C18H22BrN3O2. The number of benzene rings is 1. The smallest absolute Gasteiger partial charge is 0.316 e. The first-order chi connectivity index (χ1) is 11.6. The third kappa shape index (κ3) is 4.45. The second kappa shape index (κ2) is 7.94. The predicted octanol–water partition coefficient (Wildman–Crippen LogP) is 3.60. The highest BCUT2D eigenvalue weighted by Crippen LogP contribution is 2.26. The lowest BCUT2D eigenvalue weighted by Crippen LogP contribution is -2.38. The van der Waals surface area contributed by atoms with Crippen LogP contribution in [-0.4, -0.2) is 41.2 Å². The molecule has 6 heteroatoms. The Morgan fingerprint density at radius 2 is 1.92 bits per heavy atom. The number of nitrogens with zero attached hydrogens (tertiary/aromatic N) is 3. The molecule has 3 rings (SSSR count). The number of hydrogen-bond acceptors (Lipinski definition) is 5.